The Labute approximate surface area is 218 Å². The zero-order valence-corrected chi connectivity index (χ0v) is 21.6. The average Bonchev–Trinajstić information content (AvgIpc) is 3.62. The van der Waals surface area contributed by atoms with E-state index in [-0.39, 0.29) is 22.5 Å². The van der Waals surface area contributed by atoms with Gasteiger partial charge < -0.3 is 15.1 Å². The number of nitrogens with zero attached hydrogens (tertiary/aromatic N) is 3. The molecular weight excluding hydrogens is 475 g/mol. The molecule has 2 aliphatic carbocycles. The molecule has 5 nitrogen and oxygen atoms in total. The Morgan fingerprint density at radius 2 is 2.17 bits per heavy atom. The number of halogens is 2. The molecule has 2 aromatic rings. The molecule has 36 heavy (non-hydrogen) atoms. The SMILES string of the molecule is CC1CCCN(CCN(C(=O)Nc2ccc(F)c(Cl)c2)[C@@H]2CC[C@]3(c4cccc(C#N)c4)CC3C2)C1. The number of carbonyl (C=O) groups excluding carboxylic acids is 1. The highest BCUT2D eigenvalue weighted by Crippen LogP contribution is 2.62. The van der Waals surface area contributed by atoms with E-state index in [9.17, 15) is 14.4 Å². The second-order valence-corrected chi connectivity index (χ2v) is 11.4. The molecule has 2 saturated carbocycles. The predicted molar refractivity (Wildman–Crippen MR) is 141 cm³/mol. The van der Waals surface area contributed by atoms with E-state index in [0.29, 0.717) is 29.6 Å². The fraction of sp³-hybridized carbons (Fsp3) is 0.517. The molecule has 1 heterocycles. The second kappa shape index (κ2) is 10.4. The summed E-state index contributed by atoms with van der Waals surface area (Å²) < 4.78 is 13.6. The molecule has 2 amide bonds. The van der Waals surface area contributed by atoms with E-state index in [1.54, 1.807) is 6.07 Å². The predicted octanol–water partition coefficient (Wildman–Crippen LogP) is 6.43. The Balaban J connectivity index is 1.30. The number of rotatable bonds is 6. The van der Waals surface area contributed by atoms with Gasteiger partial charge in [-0.2, -0.15) is 5.26 Å². The van der Waals surface area contributed by atoms with Crippen molar-refractivity contribution in [3.63, 3.8) is 0 Å². The van der Waals surface area contributed by atoms with Gasteiger partial charge in [-0.15, -0.1) is 0 Å². The van der Waals surface area contributed by atoms with Crippen molar-refractivity contribution in [2.24, 2.45) is 11.8 Å². The summed E-state index contributed by atoms with van der Waals surface area (Å²) in [6, 6.07) is 14.6. The van der Waals surface area contributed by atoms with Crippen LogP contribution in [-0.2, 0) is 5.41 Å². The molecule has 1 saturated heterocycles. The summed E-state index contributed by atoms with van der Waals surface area (Å²) in [6.07, 6.45) is 6.50. The third-order valence-corrected chi connectivity index (χ3v) is 8.84. The van der Waals surface area contributed by atoms with E-state index in [4.69, 9.17) is 11.6 Å². The van der Waals surface area contributed by atoms with Gasteiger partial charge in [0.25, 0.3) is 0 Å². The van der Waals surface area contributed by atoms with Crippen LogP contribution in [0.1, 0.15) is 56.6 Å². The van der Waals surface area contributed by atoms with E-state index in [1.165, 1.54) is 30.5 Å². The molecule has 3 aliphatic rings. The number of benzene rings is 2. The second-order valence-electron chi connectivity index (χ2n) is 11.0. The molecule has 0 radical (unpaired) electrons. The van der Waals surface area contributed by atoms with Gasteiger partial charge in [0.15, 0.2) is 0 Å². The van der Waals surface area contributed by atoms with Crippen LogP contribution in [0.3, 0.4) is 0 Å². The summed E-state index contributed by atoms with van der Waals surface area (Å²) in [4.78, 5) is 18.0. The van der Waals surface area contributed by atoms with Crippen molar-refractivity contribution >= 4 is 23.3 Å². The Hall–Kier alpha value is -2.62. The summed E-state index contributed by atoms with van der Waals surface area (Å²) in [5, 5.41) is 12.3. The lowest BCUT2D eigenvalue weighted by atomic mass is 9.80. The quantitative estimate of drug-likeness (QED) is 0.489. The lowest BCUT2D eigenvalue weighted by Gasteiger charge is -2.39. The van der Waals surface area contributed by atoms with Gasteiger partial charge in [0.05, 0.1) is 16.7 Å². The summed E-state index contributed by atoms with van der Waals surface area (Å²) in [7, 11) is 0. The molecule has 0 aromatic heterocycles. The number of piperidine rings is 1. The van der Waals surface area contributed by atoms with Crippen LogP contribution in [0, 0.1) is 29.0 Å². The number of nitrogens with one attached hydrogen (secondary N) is 1. The molecule has 3 fully saturated rings. The van der Waals surface area contributed by atoms with Crippen LogP contribution >= 0.6 is 11.6 Å². The van der Waals surface area contributed by atoms with Crippen LogP contribution in [0.15, 0.2) is 42.5 Å². The van der Waals surface area contributed by atoms with Crippen LogP contribution in [-0.4, -0.2) is 48.1 Å². The number of urea groups is 1. The van der Waals surface area contributed by atoms with Crippen molar-refractivity contribution in [3.8, 4) is 6.07 Å². The molecule has 2 unspecified atom stereocenters. The first-order valence-electron chi connectivity index (χ1n) is 13.1. The van der Waals surface area contributed by atoms with Crippen molar-refractivity contribution in [1.29, 1.82) is 5.26 Å². The van der Waals surface area contributed by atoms with Crippen LogP contribution < -0.4 is 5.32 Å². The van der Waals surface area contributed by atoms with Crippen molar-refractivity contribution in [2.45, 2.75) is 56.9 Å². The maximum atomic E-state index is 13.6. The Morgan fingerprint density at radius 3 is 2.92 bits per heavy atom. The minimum Gasteiger partial charge on any atom is -0.320 e. The summed E-state index contributed by atoms with van der Waals surface area (Å²) in [5.74, 6) is 0.715. The smallest absolute Gasteiger partial charge is 0.320 e. The lowest BCUT2D eigenvalue weighted by molar-refractivity contribution is 0.128. The minimum atomic E-state index is -0.497. The Kier molecular flexibility index (Phi) is 7.23. The van der Waals surface area contributed by atoms with Crippen LogP contribution in [0.2, 0.25) is 5.02 Å². The number of anilines is 1. The first kappa shape index (κ1) is 25.0. The maximum Gasteiger partial charge on any atom is 0.322 e. The minimum absolute atomic E-state index is 0.00156. The number of hydrogen-bond acceptors (Lipinski definition) is 3. The van der Waals surface area contributed by atoms with Crippen molar-refractivity contribution in [3.05, 3.63) is 64.4 Å². The summed E-state index contributed by atoms with van der Waals surface area (Å²) in [6.45, 7) is 5.98. The van der Waals surface area contributed by atoms with Gasteiger partial charge in [0.2, 0.25) is 0 Å². The molecule has 7 heteroatoms. The highest BCUT2D eigenvalue weighted by atomic mass is 35.5. The molecule has 1 aliphatic heterocycles. The third-order valence-electron chi connectivity index (χ3n) is 8.55. The average molecular weight is 509 g/mol. The largest absolute Gasteiger partial charge is 0.322 e. The maximum absolute atomic E-state index is 13.6. The van der Waals surface area contributed by atoms with E-state index in [0.717, 1.165) is 45.3 Å². The standard InChI is InChI=1S/C29H34ClFN4O/c1-20-4-3-11-34(19-20)12-13-35(28(36)33-24-7-8-27(31)26(30)16-24)25-9-10-29(17-23(29)15-25)22-6-2-5-21(14-22)18-32/h2,5-8,14,16,20,23,25H,3-4,9-13,15,17,19H2,1H3,(H,33,36)/t20?,23?,25-,29-/m1/s1. The zero-order valence-electron chi connectivity index (χ0n) is 20.9. The van der Waals surface area contributed by atoms with Gasteiger partial charge in [-0.05, 0) is 98.2 Å². The van der Waals surface area contributed by atoms with Crippen LogP contribution in [0.5, 0.6) is 0 Å². The van der Waals surface area contributed by atoms with Gasteiger partial charge in [-0.1, -0.05) is 30.7 Å². The van der Waals surface area contributed by atoms with Gasteiger partial charge in [0, 0.05) is 31.4 Å². The Bertz CT molecular complexity index is 1170. The van der Waals surface area contributed by atoms with Gasteiger partial charge >= 0.3 is 6.03 Å². The van der Waals surface area contributed by atoms with E-state index < -0.39 is 5.82 Å². The molecule has 4 atom stereocenters. The molecule has 190 valence electrons. The van der Waals surface area contributed by atoms with E-state index in [1.807, 2.05) is 23.1 Å². The summed E-state index contributed by atoms with van der Waals surface area (Å²) >= 11 is 5.96. The van der Waals surface area contributed by atoms with Crippen LogP contribution in [0.4, 0.5) is 14.9 Å². The van der Waals surface area contributed by atoms with Crippen molar-refractivity contribution in [2.75, 3.05) is 31.5 Å². The number of carbonyl (C=O) groups is 1. The molecule has 0 spiro atoms. The first-order chi connectivity index (χ1) is 17.4. The summed E-state index contributed by atoms with van der Waals surface area (Å²) in [5.41, 5.74) is 2.64. The first-order valence-corrected chi connectivity index (χ1v) is 13.5. The highest BCUT2D eigenvalue weighted by Gasteiger charge is 2.58. The van der Waals surface area contributed by atoms with Gasteiger partial charge in [0.1, 0.15) is 5.82 Å². The zero-order chi connectivity index (χ0) is 25.3. The molecule has 2 aromatic carbocycles. The normalized spacial score (nSPS) is 27.6. The van der Waals surface area contributed by atoms with E-state index >= 15 is 0 Å². The number of likely N-dealkylation sites (tertiary alicyclic amines) is 1. The Morgan fingerprint density at radius 1 is 1.31 bits per heavy atom. The van der Waals surface area contributed by atoms with E-state index in [2.05, 4.69) is 29.3 Å². The fourth-order valence-corrected chi connectivity index (χ4v) is 6.68. The van der Waals surface area contributed by atoms with Gasteiger partial charge in [-0.3, -0.25) is 0 Å². The van der Waals surface area contributed by atoms with Crippen LogP contribution in [0.25, 0.3) is 0 Å². The fourth-order valence-electron chi connectivity index (χ4n) is 6.50. The number of nitriles is 1. The number of hydrogen-bond donors (Lipinski definition) is 1. The number of amides is 2. The van der Waals surface area contributed by atoms with Crippen molar-refractivity contribution in [1.82, 2.24) is 9.80 Å². The monoisotopic (exact) mass is 508 g/mol. The molecular formula is C29H34ClFN4O. The third kappa shape index (κ3) is 5.23. The molecule has 5 rings (SSSR count). The van der Waals surface area contributed by atoms with Crippen molar-refractivity contribution < 1.29 is 9.18 Å². The topological polar surface area (TPSA) is 59.4 Å². The number of fused-ring (bicyclic) bond motifs is 1. The molecule has 0 bridgehead atoms. The lowest BCUT2D eigenvalue weighted by Crippen LogP contribution is -2.49. The van der Waals surface area contributed by atoms with Gasteiger partial charge in [-0.25, -0.2) is 9.18 Å². The molecule has 1 N–H and O–H groups in total. The highest BCUT2D eigenvalue weighted by molar-refractivity contribution is 6.31.